The second-order valence-corrected chi connectivity index (χ2v) is 5.34. The van der Waals surface area contributed by atoms with Gasteiger partial charge >= 0.3 is 0 Å². The van der Waals surface area contributed by atoms with Crippen molar-refractivity contribution in [1.29, 1.82) is 0 Å². The van der Waals surface area contributed by atoms with Crippen LogP contribution >= 0.6 is 0 Å². The van der Waals surface area contributed by atoms with Gasteiger partial charge in [-0.2, -0.15) is 4.40 Å². The number of nitrogens with two attached hydrogens (primary N) is 1. The fourth-order valence-corrected chi connectivity index (χ4v) is 2.88. The van der Waals surface area contributed by atoms with Gasteiger partial charge in [0.2, 0.25) is 11.2 Å². The summed E-state index contributed by atoms with van der Waals surface area (Å²) in [4.78, 5) is 0. The van der Waals surface area contributed by atoms with E-state index in [-0.39, 0.29) is 11.9 Å². The predicted molar refractivity (Wildman–Crippen MR) is 73.4 cm³/mol. The molecular weight excluding hydrogens is 266 g/mol. The zero-order valence-corrected chi connectivity index (χ0v) is 11.1. The first-order valence-electron chi connectivity index (χ1n) is 6.14. The smallest absolute Gasteiger partial charge is 0.245 e. The van der Waals surface area contributed by atoms with Crippen LogP contribution in [0, 0.1) is 0 Å². The molecule has 6 nitrogen and oxygen atoms in total. The van der Waals surface area contributed by atoms with Crippen molar-refractivity contribution in [3.63, 3.8) is 0 Å². The third kappa shape index (κ3) is 2.57. The van der Waals surface area contributed by atoms with Crippen molar-refractivity contribution in [2.45, 2.75) is 18.9 Å². The molecule has 3 N–H and O–H groups in total. The van der Waals surface area contributed by atoms with Gasteiger partial charge in [0.1, 0.15) is 18.2 Å². The molecule has 19 heavy (non-hydrogen) atoms. The average molecular weight is 281 g/mol. The summed E-state index contributed by atoms with van der Waals surface area (Å²) in [6.45, 7) is 1.29. The number of hydrogen-bond acceptors (Lipinski definition) is 4. The number of fused-ring (bicyclic) bond motifs is 1. The topological polar surface area (TPSA) is 85.9 Å². The molecule has 0 radical (unpaired) electrons. The van der Waals surface area contributed by atoms with E-state index in [0.717, 1.165) is 19.4 Å². The Kier molecular flexibility index (Phi) is 3.39. The molecule has 0 aromatic heterocycles. The number of hydrogen-bond donors (Lipinski definition) is 2. The quantitative estimate of drug-likeness (QED) is 0.864. The maximum absolute atomic E-state index is 11.4. The molecule has 3 rings (SSSR count). The number of benzene rings is 1. The second kappa shape index (κ2) is 5.18. The lowest BCUT2D eigenvalue weighted by Crippen LogP contribution is -2.25. The summed E-state index contributed by atoms with van der Waals surface area (Å²) in [5, 5.41) is 0. The van der Waals surface area contributed by atoms with Gasteiger partial charge in [-0.15, -0.1) is 0 Å². The summed E-state index contributed by atoms with van der Waals surface area (Å²) in [6.07, 6.45) is 2.23. The monoisotopic (exact) mass is 281 g/mol. The number of rotatable bonds is 3. The Hall–Kier alpha value is -1.60. The van der Waals surface area contributed by atoms with Gasteiger partial charge in [0, 0.05) is 6.61 Å². The fourth-order valence-electron chi connectivity index (χ4n) is 2.21. The minimum absolute atomic E-state index is 0.139. The lowest BCUT2D eigenvalue weighted by atomic mass is 10.1. The lowest BCUT2D eigenvalue weighted by Gasteiger charge is -2.19. The van der Waals surface area contributed by atoms with E-state index in [0.29, 0.717) is 23.6 Å². The first-order chi connectivity index (χ1) is 9.24. The van der Waals surface area contributed by atoms with E-state index in [1.54, 1.807) is 6.07 Å². The van der Waals surface area contributed by atoms with Crippen LogP contribution in [0.5, 0.6) is 5.75 Å². The standard InChI is InChI=1S/C12H15N3O3S/c13-12-11-9(14-19(16)15-12)4-1-5-10(11)18-7-8-3-2-6-17-8/h1,4-5,8,14H,2-3,6-7H2,(H2,13,15). The first-order valence-corrected chi connectivity index (χ1v) is 7.25. The summed E-state index contributed by atoms with van der Waals surface area (Å²) < 4.78 is 29.2. The molecule has 7 heteroatoms. The summed E-state index contributed by atoms with van der Waals surface area (Å²) in [7, 11) is 0. The lowest BCUT2D eigenvalue weighted by molar-refractivity contribution is 0.0679. The first kappa shape index (κ1) is 12.4. The zero-order chi connectivity index (χ0) is 13.2. The molecule has 2 unspecified atom stereocenters. The van der Waals surface area contributed by atoms with Crippen molar-refractivity contribution >= 4 is 22.7 Å². The van der Waals surface area contributed by atoms with Gasteiger partial charge < -0.3 is 15.2 Å². The van der Waals surface area contributed by atoms with Crippen LogP contribution in [0.2, 0.25) is 0 Å². The molecule has 0 aliphatic carbocycles. The molecule has 2 atom stereocenters. The molecule has 2 aliphatic heterocycles. The van der Waals surface area contributed by atoms with E-state index in [9.17, 15) is 4.21 Å². The molecule has 2 heterocycles. The van der Waals surface area contributed by atoms with Crippen LogP contribution in [0.4, 0.5) is 5.69 Å². The molecule has 0 amide bonds. The average Bonchev–Trinajstić information content (AvgIpc) is 2.88. The highest BCUT2D eigenvalue weighted by Gasteiger charge is 2.22. The van der Waals surface area contributed by atoms with Gasteiger partial charge in [0.25, 0.3) is 0 Å². The number of ether oxygens (including phenoxy) is 2. The highest BCUT2D eigenvalue weighted by molar-refractivity contribution is 7.85. The number of nitrogens with zero attached hydrogens (tertiary/aromatic N) is 1. The molecule has 2 aliphatic rings. The van der Waals surface area contributed by atoms with Gasteiger partial charge in [-0.25, -0.2) is 4.21 Å². The summed E-state index contributed by atoms with van der Waals surface area (Å²) >= 11 is -1.51. The SMILES string of the molecule is NC1=NS(=O)Nc2cccc(OCC3CCCO3)c21. The van der Waals surface area contributed by atoms with Crippen LogP contribution in [0.3, 0.4) is 0 Å². The maximum atomic E-state index is 11.4. The minimum atomic E-state index is -1.51. The van der Waals surface area contributed by atoms with E-state index in [1.807, 2.05) is 12.1 Å². The van der Waals surface area contributed by atoms with Crippen LogP contribution in [-0.4, -0.2) is 29.4 Å². The molecule has 0 saturated carbocycles. The van der Waals surface area contributed by atoms with E-state index < -0.39 is 11.2 Å². The van der Waals surface area contributed by atoms with Crippen LogP contribution < -0.4 is 15.2 Å². The summed E-state index contributed by atoms with van der Waals surface area (Å²) in [6, 6.07) is 5.45. The molecular formula is C12H15N3O3S. The molecule has 1 aromatic carbocycles. The largest absolute Gasteiger partial charge is 0.490 e. The fraction of sp³-hybridized carbons (Fsp3) is 0.417. The van der Waals surface area contributed by atoms with Crippen molar-refractivity contribution < 1.29 is 13.7 Å². The third-order valence-corrected chi connectivity index (χ3v) is 3.87. The van der Waals surface area contributed by atoms with Crippen LogP contribution in [-0.2, 0) is 15.9 Å². The Morgan fingerprint density at radius 3 is 3.26 bits per heavy atom. The molecule has 1 fully saturated rings. The van der Waals surface area contributed by atoms with E-state index >= 15 is 0 Å². The Balaban J connectivity index is 1.81. The summed E-state index contributed by atoms with van der Waals surface area (Å²) in [5.41, 5.74) is 7.17. The number of amidine groups is 1. The highest BCUT2D eigenvalue weighted by Crippen LogP contribution is 2.30. The van der Waals surface area contributed by atoms with E-state index in [4.69, 9.17) is 15.2 Å². The summed E-state index contributed by atoms with van der Waals surface area (Å²) in [5.74, 6) is 0.869. The van der Waals surface area contributed by atoms with Crippen molar-refractivity contribution in [3.8, 4) is 5.75 Å². The number of nitrogens with one attached hydrogen (secondary N) is 1. The van der Waals surface area contributed by atoms with Crippen LogP contribution in [0.25, 0.3) is 0 Å². The molecule has 1 saturated heterocycles. The highest BCUT2D eigenvalue weighted by atomic mass is 32.2. The number of anilines is 1. The van der Waals surface area contributed by atoms with E-state index in [2.05, 4.69) is 9.12 Å². The Bertz CT molecular complexity index is 541. The molecule has 0 spiro atoms. The molecule has 102 valence electrons. The van der Waals surface area contributed by atoms with Gasteiger partial charge in [0.15, 0.2) is 0 Å². The van der Waals surface area contributed by atoms with Crippen molar-refractivity contribution in [2.75, 3.05) is 17.9 Å². The Labute approximate surface area is 113 Å². The predicted octanol–water partition coefficient (Wildman–Crippen LogP) is 0.954. The van der Waals surface area contributed by atoms with Gasteiger partial charge in [-0.1, -0.05) is 6.07 Å². The van der Waals surface area contributed by atoms with Crippen molar-refractivity contribution in [3.05, 3.63) is 23.8 Å². The van der Waals surface area contributed by atoms with Crippen LogP contribution in [0.1, 0.15) is 18.4 Å². The van der Waals surface area contributed by atoms with E-state index in [1.165, 1.54) is 0 Å². The van der Waals surface area contributed by atoms with Gasteiger partial charge in [-0.05, 0) is 25.0 Å². The van der Waals surface area contributed by atoms with Gasteiger partial charge in [0.05, 0.1) is 17.4 Å². The van der Waals surface area contributed by atoms with Crippen LogP contribution in [0.15, 0.2) is 22.6 Å². The van der Waals surface area contributed by atoms with Crippen molar-refractivity contribution in [2.24, 2.45) is 10.1 Å². The molecule has 1 aromatic rings. The van der Waals surface area contributed by atoms with Crippen molar-refractivity contribution in [1.82, 2.24) is 0 Å². The normalized spacial score (nSPS) is 25.4. The Morgan fingerprint density at radius 1 is 1.58 bits per heavy atom. The zero-order valence-electron chi connectivity index (χ0n) is 10.3. The molecule has 0 bridgehead atoms. The maximum Gasteiger partial charge on any atom is 0.245 e. The van der Waals surface area contributed by atoms with Gasteiger partial charge in [-0.3, -0.25) is 4.72 Å². The minimum Gasteiger partial charge on any atom is -0.490 e. The Morgan fingerprint density at radius 2 is 2.47 bits per heavy atom. The second-order valence-electron chi connectivity index (χ2n) is 4.45. The third-order valence-electron chi connectivity index (χ3n) is 3.11.